The van der Waals surface area contributed by atoms with Gasteiger partial charge in [0.2, 0.25) is 0 Å². The highest BCUT2D eigenvalue weighted by Crippen LogP contribution is 2.27. The van der Waals surface area contributed by atoms with Crippen molar-refractivity contribution >= 4 is 23.0 Å². The summed E-state index contributed by atoms with van der Waals surface area (Å²) < 4.78 is 0. The number of nitrogen functional groups attached to an aromatic ring is 1. The first-order valence-electron chi connectivity index (χ1n) is 5.73. The number of likely N-dealkylation sites (N-methyl/N-ethyl adjacent to an activating group) is 1. The van der Waals surface area contributed by atoms with Crippen molar-refractivity contribution < 1.29 is 0 Å². The van der Waals surface area contributed by atoms with Crippen molar-refractivity contribution in [3.05, 3.63) is 23.2 Å². The Labute approximate surface area is 102 Å². The maximum absolute atomic E-state index is 5.98. The van der Waals surface area contributed by atoms with Gasteiger partial charge in [0.05, 0.1) is 11.4 Å². The molecule has 0 radical (unpaired) electrons. The fourth-order valence-corrected chi connectivity index (χ4v) is 2.30. The van der Waals surface area contributed by atoms with Crippen LogP contribution in [0.3, 0.4) is 0 Å². The van der Waals surface area contributed by atoms with E-state index in [0.717, 1.165) is 44.1 Å². The predicted molar refractivity (Wildman–Crippen MR) is 70.2 cm³/mol. The molecule has 0 atom stereocenters. The standard InChI is InChI=1S/C12H18ClN3/c1-2-15-5-7-16(8-6-15)12-4-3-10(13)9-11(12)14/h3-4,9H,2,5-8,14H2,1H3. The first kappa shape index (κ1) is 11.6. The molecule has 1 aliphatic heterocycles. The zero-order valence-corrected chi connectivity index (χ0v) is 10.4. The Kier molecular flexibility index (Phi) is 3.56. The Morgan fingerprint density at radius 2 is 1.94 bits per heavy atom. The minimum atomic E-state index is 0.702. The summed E-state index contributed by atoms with van der Waals surface area (Å²) in [6, 6.07) is 5.74. The maximum atomic E-state index is 5.98. The number of rotatable bonds is 2. The van der Waals surface area contributed by atoms with Gasteiger partial charge in [-0.2, -0.15) is 0 Å². The van der Waals surface area contributed by atoms with E-state index in [1.807, 2.05) is 18.2 Å². The summed E-state index contributed by atoms with van der Waals surface area (Å²) >= 11 is 5.89. The molecule has 3 nitrogen and oxygen atoms in total. The van der Waals surface area contributed by atoms with Gasteiger partial charge in [-0.05, 0) is 24.7 Å². The van der Waals surface area contributed by atoms with Crippen LogP contribution in [0.5, 0.6) is 0 Å². The molecule has 0 saturated carbocycles. The van der Waals surface area contributed by atoms with Gasteiger partial charge in [-0.15, -0.1) is 0 Å². The van der Waals surface area contributed by atoms with Gasteiger partial charge in [0.15, 0.2) is 0 Å². The van der Waals surface area contributed by atoms with Gasteiger partial charge in [-0.3, -0.25) is 0 Å². The lowest BCUT2D eigenvalue weighted by atomic mass is 10.2. The third-order valence-electron chi connectivity index (χ3n) is 3.15. The number of hydrogen-bond acceptors (Lipinski definition) is 3. The zero-order valence-electron chi connectivity index (χ0n) is 9.62. The molecule has 0 aromatic heterocycles. The Hall–Kier alpha value is -0.930. The Bertz CT molecular complexity index is 359. The average molecular weight is 240 g/mol. The average Bonchev–Trinajstić information content (AvgIpc) is 2.29. The molecule has 16 heavy (non-hydrogen) atoms. The number of piperazine rings is 1. The van der Waals surface area contributed by atoms with Crippen molar-refractivity contribution in [3.8, 4) is 0 Å². The molecule has 2 N–H and O–H groups in total. The molecule has 0 unspecified atom stereocenters. The molecule has 4 heteroatoms. The van der Waals surface area contributed by atoms with Crippen LogP contribution >= 0.6 is 11.6 Å². The first-order chi connectivity index (χ1) is 7.70. The van der Waals surface area contributed by atoms with Crippen LogP contribution in [0.2, 0.25) is 5.02 Å². The summed E-state index contributed by atoms with van der Waals surface area (Å²) in [5, 5.41) is 0.702. The number of anilines is 2. The SMILES string of the molecule is CCN1CCN(c2ccc(Cl)cc2N)CC1. The van der Waals surface area contributed by atoms with Crippen LogP contribution in [0, 0.1) is 0 Å². The number of benzene rings is 1. The maximum Gasteiger partial charge on any atom is 0.0601 e. The van der Waals surface area contributed by atoms with E-state index in [9.17, 15) is 0 Å². The molecule has 0 bridgehead atoms. The summed E-state index contributed by atoms with van der Waals surface area (Å²) in [5.74, 6) is 0. The van der Waals surface area contributed by atoms with Crippen molar-refractivity contribution in [1.29, 1.82) is 0 Å². The molecule has 1 heterocycles. The van der Waals surface area contributed by atoms with E-state index in [1.165, 1.54) is 0 Å². The van der Waals surface area contributed by atoms with Gasteiger partial charge in [-0.25, -0.2) is 0 Å². The van der Waals surface area contributed by atoms with E-state index < -0.39 is 0 Å². The Balaban J connectivity index is 2.08. The zero-order chi connectivity index (χ0) is 11.5. The molecule has 1 saturated heterocycles. The Morgan fingerprint density at radius 1 is 1.25 bits per heavy atom. The second kappa shape index (κ2) is 4.93. The third-order valence-corrected chi connectivity index (χ3v) is 3.38. The monoisotopic (exact) mass is 239 g/mol. The lowest BCUT2D eigenvalue weighted by Crippen LogP contribution is -2.46. The third kappa shape index (κ3) is 2.42. The molecule has 0 spiro atoms. The van der Waals surface area contributed by atoms with Crippen LogP contribution in [-0.2, 0) is 0 Å². The van der Waals surface area contributed by atoms with E-state index in [0.29, 0.717) is 5.02 Å². The minimum absolute atomic E-state index is 0.702. The number of nitrogens with zero attached hydrogens (tertiary/aromatic N) is 2. The quantitative estimate of drug-likeness (QED) is 0.802. The van der Waals surface area contributed by atoms with Gasteiger partial charge in [0.25, 0.3) is 0 Å². The summed E-state index contributed by atoms with van der Waals surface area (Å²) in [6.45, 7) is 7.63. The van der Waals surface area contributed by atoms with Crippen molar-refractivity contribution in [2.75, 3.05) is 43.4 Å². The fraction of sp³-hybridized carbons (Fsp3) is 0.500. The molecule has 2 rings (SSSR count). The van der Waals surface area contributed by atoms with Crippen LogP contribution in [0.15, 0.2) is 18.2 Å². The van der Waals surface area contributed by atoms with Crippen LogP contribution in [0.1, 0.15) is 6.92 Å². The van der Waals surface area contributed by atoms with Crippen molar-refractivity contribution in [2.45, 2.75) is 6.92 Å². The Morgan fingerprint density at radius 3 is 2.50 bits per heavy atom. The van der Waals surface area contributed by atoms with E-state index in [1.54, 1.807) is 0 Å². The van der Waals surface area contributed by atoms with Gasteiger partial charge in [0, 0.05) is 31.2 Å². The molecule has 1 aromatic rings. The van der Waals surface area contributed by atoms with E-state index in [4.69, 9.17) is 17.3 Å². The molecule has 0 amide bonds. The second-order valence-corrected chi connectivity index (χ2v) is 4.56. The molecule has 1 fully saturated rings. The molecular weight excluding hydrogens is 222 g/mol. The number of nitrogens with two attached hydrogens (primary N) is 1. The van der Waals surface area contributed by atoms with Crippen molar-refractivity contribution in [1.82, 2.24) is 4.90 Å². The lowest BCUT2D eigenvalue weighted by molar-refractivity contribution is 0.271. The van der Waals surface area contributed by atoms with E-state index in [-0.39, 0.29) is 0 Å². The highest BCUT2D eigenvalue weighted by Gasteiger charge is 2.17. The van der Waals surface area contributed by atoms with Gasteiger partial charge >= 0.3 is 0 Å². The minimum Gasteiger partial charge on any atom is -0.397 e. The van der Waals surface area contributed by atoms with Crippen LogP contribution in [-0.4, -0.2) is 37.6 Å². The topological polar surface area (TPSA) is 32.5 Å². The molecule has 1 aromatic carbocycles. The number of hydrogen-bond donors (Lipinski definition) is 1. The van der Waals surface area contributed by atoms with E-state index in [2.05, 4.69) is 16.7 Å². The van der Waals surface area contributed by atoms with Crippen LogP contribution in [0.25, 0.3) is 0 Å². The predicted octanol–water partition coefficient (Wildman–Crippen LogP) is 2.06. The second-order valence-electron chi connectivity index (χ2n) is 4.12. The summed E-state index contributed by atoms with van der Waals surface area (Å²) in [5.41, 5.74) is 7.87. The molecule has 0 aliphatic carbocycles. The van der Waals surface area contributed by atoms with Gasteiger partial charge in [0.1, 0.15) is 0 Å². The first-order valence-corrected chi connectivity index (χ1v) is 6.11. The van der Waals surface area contributed by atoms with Gasteiger partial charge < -0.3 is 15.5 Å². The summed E-state index contributed by atoms with van der Waals surface area (Å²) in [6.07, 6.45) is 0. The molecule has 1 aliphatic rings. The molecule has 88 valence electrons. The highest BCUT2D eigenvalue weighted by molar-refractivity contribution is 6.31. The fourth-order valence-electron chi connectivity index (χ4n) is 2.12. The lowest BCUT2D eigenvalue weighted by Gasteiger charge is -2.36. The van der Waals surface area contributed by atoms with E-state index >= 15 is 0 Å². The largest absolute Gasteiger partial charge is 0.397 e. The summed E-state index contributed by atoms with van der Waals surface area (Å²) in [7, 11) is 0. The highest BCUT2D eigenvalue weighted by atomic mass is 35.5. The normalized spacial score (nSPS) is 17.8. The van der Waals surface area contributed by atoms with Crippen molar-refractivity contribution in [3.63, 3.8) is 0 Å². The van der Waals surface area contributed by atoms with Crippen LogP contribution in [0.4, 0.5) is 11.4 Å². The smallest absolute Gasteiger partial charge is 0.0601 e. The molecular formula is C12H18ClN3. The number of halogens is 1. The van der Waals surface area contributed by atoms with Crippen molar-refractivity contribution in [2.24, 2.45) is 0 Å². The summed E-state index contributed by atoms with van der Waals surface area (Å²) in [4.78, 5) is 4.78. The van der Waals surface area contributed by atoms with Gasteiger partial charge in [-0.1, -0.05) is 18.5 Å². The van der Waals surface area contributed by atoms with Crippen LogP contribution < -0.4 is 10.6 Å².